The molecular weight excluding hydrogens is 701 g/mol. The van der Waals surface area contributed by atoms with Crippen LogP contribution in [0.3, 0.4) is 0 Å². The standard InChI is InChI=1S/C31H19Cl2N7O8S/c1-17-34-25-12-11-21(49(47,48)36-28-23(32)14-20(39(43)44)15-24(28)33)16-22(25)30(41)37(17)38-29(18-7-3-2-4-8-18)35-26(31(38)42)13-19-9-5-6-10-27(19)40(45)46/h2-16,36H,1H3/b26-13-. The van der Waals surface area contributed by atoms with E-state index in [1.807, 2.05) is 0 Å². The van der Waals surface area contributed by atoms with Crippen molar-refractivity contribution in [1.82, 2.24) is 9.66 Å². The normalized spacial score (nSPS) is 13.9. The molecule has 0 fully saturated rings. The number of nitro benzene ring substituents is 2. The summed E-state index contributed by atoms with van der Waals surface area (Å²) in [6, 6.07) is 19.5. The molecule has 246 valence electrons. The number of aromatic nitrogens is 2. The maximum atomic E-state index is 14.2. The second-order valence-electron chi connectivity index (χ2n) is 10.4. The van der Waals surface area contributed by atoms with Crippen molar-refractivity contribution in [3.8, 4) is 0 Å². The number of benzene rings is 4. The first-order chi connectivity index (χ1) is 23.3. The monoisotopic (exact) mass is 719 g/mol. The molecule has 6 rings (SSSR count). The summed E-state index contributed by atoms with van der Waals surface area (Å²) >= 11 is 12.2. The van der Waals surface area contributed by atoms with Gasteiger partial charge in [0.1, 0.15) is 11.5 Å². The highest BCUT2D eigenvalue weighted by molar-refractivity contribution is 7.92. The molecule has 0 atom stereocenters. The molecule has 0 unspecified atom stereocenters. The number of sulfonamides is 1. The van der Waals surface area contributed by atoms with E-state index in [0.29, 0.717) is 5.56 Å². The first kappa shape index (κ1) is 33.0. The molecule has 4 aromatic carbocycles. The lowest BCUT2D eigenvalue weighted by atomic mass is 10.1. The molecule has 1 N–H and O–H groups in total. The molecule has 49 heavy (non-hydrogen) atoms. The van der Waals surface area contributed by atoms with E-state index in [4.69, 9.17) is 23.2 Å². The van der Waals surface area contributed by atoms with Crippen LogP contribution < -0.4 is 15.3 Å². The number of hydrogen-bond donors (Lipinski definition) is 1. The second kappa shape index (κ2) is 12.6. The predicted octanol–water partition coefficient (Wildman–Crippen LogP) is 5.60. The molecule has 0 bridgehead atoms. The van der Waals surface area contributed by atoms with Gasteiger partial charge in [0.25, 0.3) is 32.9 Å². The Bertz CT molecular complexity index is 2460. The van der Waals surface area contributed by atoms with E-state index < -0.39 is 41.9 Å². The van der Waals surface area contributed by atoms with Gasteiger partial charge in [-0.25, -0.2) is 18.4 Å². The van der Waals surface area contributed by atoms with Gasteiger partial charge in [-0.3, -0.25) is 34.5 Å². The fourth-order valence-electron chi connectivity index (χ4n) is 5.02. The summed E-state index contributed by atoms with van der Waals surface area (Å²) in [4.78, 5) is 58.1. The number of non-ortho nitro benzene ring substituents is 1. The zero-order valence-electron chi connectivity index (χ0n) is 24.8. The summed E-state index contributed by atoms with van der Waals surface area (Å²) in [5.74, 6) is -0.759. The number of amidine groups is 1. The highest BCUT2D eigenvalue weighted by atomic mass is 35.5. The van der Waals surface area contributed by atoms with Crippen LogP contribution in [0.2, 0.25) is 10.0 Å². The van der Waals surface area contributed by atoms with Gasteiger partial charge >= 0.3 is 0 Å². The van der Waals surface area contributed by atoms with Gasteiger partial charge in [-0.2, -0.15) is 9.69 Å². The number of fused-ring (bicyclic) bond motifs is 1. The maximum Gasteiger partial charge on any atom is 0.297 e. The molecule has 0 saturated heterocycles. The van der Waals surface area contributed by atoms with E-state index in [0.717, 1.165) is 27.9 Å². The van der Waals surface area contributed by atoms with Gasteiger partial charge in [-0.1, -0.05) is 65.7 Å². The zero-order chi connectivity index (χ0) is 35.2. The Hall–Kier alpha value is -5.97. The van der Waals surface area contributed by atoms with Gasteiger partial charge in [0.2, 0.25) is 0 Å². The maximum absolute atomic E-state index is 14.2. The second-order valence-corrected chi connectivity index (χ2v) is 12.9. The number of nitrogens with one attached hydrogen (secondary N) is 1. The van der Waals surface area contributed by atoms with Gasteiger partial charge in [0.15, 0.2) is 5.84 Å². The lowest BCUT2D eigenvalue weighted by molar-refractivity contribution is -0.385. The lowest BCUT2D eigenvalue weighted by Gasteiger charge is -2.22. The minimum Gasteiger partial charge on any atom is -0.277 e. The number of carbonyl (C=O) groups is 1. The molecule has 18 heteroatoms. The van der Waals surface area contributed by atoms with E-state index in [2.05, 4.69) is 14.7 Å². The number of amides is 1. The smallest absolute Gasteiger partial charge is 0.277 e. The number of para-hydroxylation sites is 1. The van der Waals surface area contributed by atoms with E-state index in [9.17, 15) is 38.2 Å². The highest BCUT2D eigenvalue weighted by Gasteiger charge is 2.35. The summed E-state index contributed by atoms with van der Waals surface area (Å²) in [6.45, 7) is 1.46. The Balaban J connectivity index is 1.47. The van der Waals surface area contributed by atoms with E-state index in [1.54, 1.807) is 36.4 Å². The molecule has 15 nitrogen and oxygen atoms in total. The molecule has 2 heterocycles. The molecule has 5 aromatic rings. The summed E-state index contributed by atoms with van der Waals surface area (Å²) < 4.78 is 30.0. The third-order valence-electron chi connectivity index (χ3n) is 7.26. The van der Waals surface area contributed by atoms with Gasteiger partial charge in [0, 0.05) is 23.8 Å². The Morgan fingerprint density at radius 3 is 2.18 bits per heavy atom. The number of carbonyl (C=O) groups excluding carboxylic acids is 1. The van der Waals surface area contributed by atoms with Gasteiger partial charge in [-0.15, -0.1) is 0 Å². The van der Waals surface area contributed by atoms with Crippen molar-refractivity contribution in [2.75, 3.05) is 9.73 Å². The number of aryl methyl sites for hydroxylation is 1. The zero-order valence-corrected chi connectivity index (χ0v) is 27.1. The van der Waals surface area contributed by atoms with E-state index >= 15 is 0 Å². The van der Waals surface area contributed by atoms with Crippen LogP contribution in [0, 0.1) is 27.2 Å². The number of rotatable bonds is 8. The van der Waals surface area contributed by atoms with Crippen LogP contribution in [-0.2, 0) is 14.8 Å². The van der Waals surface area contributed by atoms with Crippen molar-refractivity contribution in [3.63, 3.8) is 0 Å². The number of aliphatic imine (C=N–C) groups is 1. The number of anilines is 1. The van der Waals surface area contributed by atoms with Crippen molar-refractivity contribution >= 4 is 79.0 Å². The third kappa shape index (κ3) is 6.11. The third-order valence-corrected chi connectivity index (χ3v) is 9.20. The highest BCUT2D eigenvalue weighted by Crippen LogP contribution is 2.36. The molecule has 1 aliphatic rings. The van der Waals surface area contributed by atoms with Crippen LogP contribution in [0.25, 0.3) is 17.0 Å². The van der Waals surface area contributed by atoms with E-state index in [1.165, 1.54) is 43.3 Å². The number of hydrogen-bond acceptors (Lipinski definition) is 10. The number of halogens is 2. The number of nitrogens with zero attached hydrogens (tertiary/aromatic N) is 6. The van der Waals surface area contributed by atoms with Crippen LogP contribution in [0.4, 0.5) is 17.1 Å². The minimum atomic E-state index is -4.49. The topological polar surface area (TPSA) is 200 Å². The fourth-order valence-corrected chi connectivity index (χ4v) is 6.82. The lowest BCUT2D eigenvalue weighted by Crippen LogP contribution is -2.49. The largest absolute Gasteiger partial charge is 0.297 e. The molecule has 0 radical (unpaired) electrons. The molecule has 1 aromatic heterocycles. The van der Waals surface area contributed by atoms with E-state index in [-0.39, 0.29) is 55.2 Å². The first-order valence-electron chi connectivity index (χ1n) is 13.9. The molecule has 0 aliphatic carbocycles. The fraction of sp³-hybridized carbons (Fsp3) is 0.0323. The Morgan fingerprint density at radius 2 is 1.53 bits per heavy atom. The minimum absolute atomic E-state index is 0.00896. The van der Waals surface area contributed by atoms with Crippen LogP contribution in [0.5, 0.6) is 0 Å². The van der Waals surface area contributed by atoms with Crippen molar-refractivity contribution in [3.05, 3.63) is 148 Å². The van der Waals surface area contributed by atoms with Crippen LogP contribution in [0.15, 0.2) is 105 Å². The average Bonchev–Trinajstić information content (AvgIpc) is 3.37. The predicted molar refractivity (Wildman–Crippen MR) is 182 cm³/mol. The summed E-state index contributed by atoms with van der Waals surface area (Å²) in [6.07, 6.45) is 1.24. The van der Waals surface area contributed by atoms with Crippen molar-refractivity contribution in [1.29, 1.82) is 0 Å². The van der Waals surface area contributed by atoms with Crippen LogP contribution in [0.1, 0.15) is 17.0 Å². The molecular formula is C31H19Cl2N7O8S. The van der Waals surface area contributed by atoms with Crippen LogP contribution in [-0.4, -0.2) is 39.7 Å². The van der Waals surface area contributed by atoms with Gasteiger partial charge < -0.3 is 0 Å². The first-order valence-corrected chi connectivity index (χ1v) is 16.1. The Labute approximate surface area is 285 Å². The van der Waals surface area contributed by atoms with Crippen molar-refractivity contribution in [2.45, 2.75) is 11.8 Å². The summed E-state index contributed by atoms with van der Waals surface area (Å²) in [7, 11) is -4.49. The molecule has 0 spiro atoms. The number of nitro groups is 2. The van der Waals surface area contributed by atoms with Crippen molar-refractivity contribution < 1.29 is 23.1 Å². The molecule has 1 amide bonds. The van der Waals surface area contributed by atoms with Gasteiger partial charge in [-0.05, 0) is 37.3 Å². The summed E-state index contributed by atoms with van der Waals surface area (Å²) in [5, 5.41) is 22.9. The van der Waals surface area contributed by atoms with Crippen molar-refractivity contribution in [2.24, 2.45) is 4.99 Å². The van der Waals surface area contributed by atoms with Crippen LogP contribution >= 0.6 is 23.2 Å². The average molecular weight is 721 g/mol. The van der Waals surface area contributed by atoms with Gasteiger partial charge in [0.05, 0.1) is 46.9 Å². The quantitative estimate of drug-likeness (QED) is 0.120. The Morgan fingerprint density at radius 1 is 0.878 bits per heavy atom. The molecule has 1 aliphatic heterocycles. The Kier molecular flexibility index (Phi) is 8.45. The summed E-state index contributed by atoms with van der Waals surface area (Å²) in [5.41, 5.74) is -1.47. The molecule has 0 saturated carbocycles. The SMILES string of the molecule is Cc1nc2ccc(S(=O)(=O)Nc3c(Cl)cc([N+](=O)[O-])cc3Cl)cc2c(=O)n1N1C(=O)/C(=C/c2ccccc2[N+](=O)[O-])N=C1c1ccccc1.